The number of nitrogens with two attached hydrogens (primary N) is 2. The first-order valence-electron chi connectivity index (χ1n) is 11.3. The molecule has 2 aliphatic rings. The van der Waals surface area contributed by atoms with Crippen molar-refractivity contribution in [3.63, 3.8) is 0 Å². The van der Waals surface area contributed by atoms with E-state index in [1.54, 1.807) is 13.0 Å². The van der Waals surface area contributed by atoms with Crippen molar-refractivity contribution in [1.29, 1.82) is 5.26 Å². The SMILES string of the molecule is C[C@H](Oc1nccc(/C(N)=N/OC(=O)[C@@]2(C)CCCc3sc(N)c(C#N)c32)n1)[C@@H]1CCCN1C. The van der Waals surface area contributed by atoms with Crippen LogP contribution in [-0.4, -0.2) is 52.4 Å². The molecule has 4 N–H and O–H groups in total. The lowest BCUT2D eigenvalue weighted by Crippen LogP contribution is -2.38. The number of likely N-dealkylation sites (tertiary alicyclic amines) is 1. The number of amidine groups is 1. The molecule has 180 valence electrons. The molecule has 0 unspecified atom stereocenters. The van der Waals surface area contributed by atoms with E-state index in [4.69, 9.17) is 21.0 Å². The van der Waals surface area contributed by atoms with Crippen molar-refractivity contribution in [2.24, 2.45) is 10.9 Å². The summed E-state index contributed by atoms with van der Waals surface area (Å²) >= 11 is 1.35. The molecule has 0 aromatic carbocycles. The minimum Gasteiger partial charge on any atom is -0.459 e. The summed E-state index contributed by atoms with van der Waals surface area (Å²) in [6, 6.07) is 4.18. The van der Waals surface area contributed by atoms with Gasteiger partial charge in [-0.25, -0.2) is 9.78 Å². The van der Waals surface area contributed by atoms with Gasteiger partial charge in [0.15, 0.2) is 5.84 Å². The van der Waals surface area contributed by atoms with Crippen LogP contribution < -0.4 is 16.2 Å². The second-order valence-corrected chi connectivity index (χ2v) is 10.2. The molecule has 11 heteroatoms. The van der Waals surface area contributed by atoms with E-state index >= 15 is 0 Å². The van der Waals surface area contributed by atoms with Crippen LogP contribution in [0.1, 0.15) is 61.2 Å². The Hall–Kier alpha value is -3.23. The number of aryl methyl sites for hydroxylation is 1. The van der Waals surface area contributed by atoms with Gasteiger partial charge in [0.25, 0.3) is 0 Å². The average molecular weight is 484 g/mol. The van der Waals surface area contributed by atoms with Crippen molar-refractivity contribution >= 4 is 28.1 Å². The Kier molecular flexibility index (Phi) is 6.72. The molecule has 0 bridgehead atoms. The highest BCUT2D eigenvalue weighted by atomic mass is 32.1. The first-order valence-corrected chi connectivity index (χ1v) is 12.1. The quantitative estimate of drug-likeness (QED) is 0.273. The highest BCUT2D eigenvalue weighted by molar-refractivity contribution is 7.16. The molecule has 1 aliphatic heterocycles. The molecular formula is C23H29N7O3S. The Balaban J connectivity index is 1.48. The lowest BCUT2D eigenvalue weighted by atomic mass is 9.72. The standard InChI is InChI=1S/C23H29N7O3S/c1-13(16-6-5-11-30(16)3)32-22-27-10-8-15(28-22)19(25)29-33-21(31)23(2)9-4-7-17-18(23)14(12-24)20(26)34-17/h8,10,13,16H,4-7,9,11,26H2,1-3H3,(H2,25,29)/t13-,16-,23-/m0/s1. The molecule has 2 aromatic rings. The van der Waals surface area contributed by atoms with Crippen molar-refractivity contribution in [3.05, 3.63) is 34.0 Å². The number of nitrogen functional groups attached to an aromatic ring is 1. The summed E-state index contributed by atoms with van der Waals surface area (Å²) in [6.07, 6.45) is 5.71. The average Bonchev–Trinajstić information content (AvgIpc) is 3.40. The lowest BCUT2D eigenvalue weighted by Gasteiger charge is -2.30. The number of nitriles is 1. The molecule has 0 amide bonds. The molecule has 3 heterocycles. The summed E-state index contributed by atoms with van der Waals surface area (Å²) < 4.78 is 5.94. The number of carbonyl (C=O) groups excluding carboxylic acids is 1. The summed E-state index contributed by atoms with van der Waals surface area (Å²) in [5, 5.41) is 13.8. The number of nitrogens with zero attached hydrogens (tertiary/aromatic N) is 5. The molecule has 1 fully saturated rings. The molecule has 1 saturated heterocycles. The maximum atomic E-state index is 13.1. The van der Waals surface area contributed by atoms with Gasteiger partial charge in [-0.3, -0.25) is 4.90 Å². The number of hydrogen-bond acceptors (Lipinski definition) is 10. The van der Waals surface area contributed by atoms with Gasteiger partial charge in [-0.15, -0.1) is 11.3 Å². The van der Waals surface area contributed by atoms with Gasteiger partial charge in [-0.05, 0) is 65.6 Å². The largest absolute Gasteiger partial charge is 0.459 e. The van der Waals surface area contributed by atoms with Crippen LogP contribution in [0.25, 0.3) is 0 Å². The number of anilines is 1. The van der Waals surface area contributed by atoms with Crippen LogP contribution in [0, 0.1) is 11.3 Å². The van der Waals surface area contributed by atoms with Gasteiger partial charge in [-0.2, -0.15) is 10.2 Å². The Bertz CT molecular complexity index is 1160. The fraction of sp³-hybridized carbons (Fsp3) is 0.522. The van der Waals surface area contributed by atoms with Gasteiger partial charge in [-0.1, -0.05) is 5.16 Å². The number of oxime groups is 1. The predicted octanol–water partition coefficient (Wildman–Crippen LogP) is 2.31. The number of hydrogen-bond donors (Lipinski definition) is 2. The van der Waals surface area contributed by atoms with E-state index in [-0.39, 0.29) is 23.6 Å². The molecule has 0 spiro atoms. The molecule has 1 aliphatic carbocycles. The molecular weight excluding hydrogens is 454 g/mol. The van der Waals surface area contributed by atoms with Crippen LogP contribution in [-0.2, 0) is 21.5 Å². The monoisotopic (exact) mass is 483 g/mol. The second-order valence-electron chi connectivity index (χ2n) is 9.03. The van der Waals surface area contributed by atoms with Crippen LogP contribution in [0.3, 0.4) is 0 Å². The summed E-state index contributed by atoms with van der Waals surface area (Å²) in [5.74, 6) is -0.662. The second kappa shape index (κ2) is 9.56. The van der Waals surface area contributed by atoms with Crippen LogP contribution in [0.2, 0.25) is 0 Å². The van der Waals surface area contributed by atoms with Crippen molar-refractivity contribution in [2.45, 2.75) is 63.5 Å². The van der Waals surface area contributed by atoms with E-state index in [2.05, 4.69) is 33.1 Å². The summed E-state index contributed by atoms with van der Waals surface area (Å²) in [4.78, 5) is 30.1. The Morgan fingerprint density at radius 3 is 2.97 bits per heavy atom. The van der Waals surface area contributed by atoms with E-state index in [0.717, 1.165) is 37.1 Å². The smallest absolute Gasteiger partial charge is 0.345 e. The summed E-state index contributed by atoms with van der Waals surface area (Å²) in [7, 11) is 2.08. The zero-order valence-corrected chi connectivity index (χ0v) is 20.4. The molecule has 0 radical (unpaired) electrons. The van der Waals surface area contributed by atoms with Gasteiger partial charge < -0.3 is 21.0 Å². The fourth-order valence-electron chi connectivity index (χ4n) is 4.85. The minimum absolute atomic E-state index is 0.0730. The highest BCUT2D eigenvalue weighted by Crippen LogP contribution is 2.46. The normalized spacial score (nSPS) is 23.7. The zero-order chi connectivity index (χ0) is 24.5. The Morgan fingerprint density at radius 1 is 1.47 bits per heavy atom. The fourth-order valence-corrected chi connectivity index (χ4v) is 6.04. The number of fused-ring (bicyclic) bond motifs is 1. The van der Waals surface area contributed by atoms with Crippen LogP contribution >= 0.6 is 11.3 Å². The lowest BCUT2D eigenvalue weighted by molar-refractivity contribution is -0.150. The number of rotatable bonds is 6. The van der Waals surface area contributed by atoms with Gasteiger partial charge >= 0.3 is 12.0 Å². The number of carbonyl (C=O) groups is 1. The number of ether oxygens (including phenoxy) is 1. The third-order valence-electron chi connectivity index (χ3n) is 6.74. The summed E-state index contributed by atoms with van der Waals surface area (Å²) in [6.45, 7) is 4.79. The van der Waals surface area contributed by atoms with Crippen molar-refractivity contribution in [2.75, 3.05) is 19.3 Å². The Labute approximate surface area is 202 Å². The molecule has 3 atom stereocenters. The van der Waals surface area contributed by atoms with E-state index in [9.17, 15) is 10.1 Å². The van der Waals surface area contributed by atoms with Gasteiger partial charge in [0.05, 0.1) is 11.0 Å². The van der Waals surface area contributed by atoms with Gasteiger partial charge in [0.1, 0.15) is 22.9 Å². The molecule has 0 saturated carbocycles. The highest BCUT2D eigenvalue weighted by Gasteiger charge is 2.44. The Morgan fingerprint density at radius 2 is 2.26 bits per heavy atom. The zero-order valence-electron chi connectivity index (χ0n) is 19.6. The van der Waals surface area contributed by atoms with Crippen molar-refractivity contribution < 1.29 is 14.4 Å². The van der Waals surface area contributed by atoms with E-state index < -0.39 is 11.4 Å². The van der Waals surface area contributed by atoms with E-state index in [1.165, 1.54) is 17.5 Å². The maximum absolute atomic E-state index is 13.1. The molecule has 4 rings (SSSR count). The number of thiophene rings is 1. The summed E-state index contributed by atoms with van der Waals surface area (Å²) in [5.41, 5.74) is 12.3. The first-order chi connectivity index (χ1) is 16.2. The third-order valence-corrected chi connectivity index (χ3v) is 7.81. The van der Waals surface area contributed by atoms with E-state index in [1.807, 2.05) is 6.92 Å². The topological polar surface area (TPSA) is 153 Å². The van der Waals surface area contributed by atoms with Crippen LogP contribution in [0.15, 0.2) is 17.4 Å². The van der Waals surface area contributed by atoms with Crippen LogP contribution in [0.5, 0.6) is 6.01 Å². The first kappa shape index (κ1) is 23.9. The third kappa shape index (κ3) is 4.43. The minimum atomic E-state index is -1.03. The van der Waals surface area contributed by atoms with Crippen molar-refractivity contribution in [1.82, 2.24) is 14.9 Å². The van der Waals surface area contributed by atoms with Crippen LogP contribution in [0.4, 0.5) is 5.00 Å². The van der Waals surface area contributed by atoms with E-state index in [0.29, 0.717) is 28.6 Å². The van der Waals surface area contributed by atoms with Crippen molar-refractivity contribution in [3.8, 4) is 12.1 Å². The number of aromatic nitrogens is 2. The molecule has 2 aromatic heterocycles. The molecule has 10 nitrogen and oxygen atoms in total. The predicted molar refractivity (Wildman–Crippen MR) is 128 cm³/mol. The maximum Gasteiger partial charge on any atom is 0.345 e. The number of likely N-dealkylation sites (N-methyl/N-ethyl adjacent to an activating group) is 1. The van der Waals surface area contributed by atoms with Gasteiger partial charge in [0.2, 0.25) is 0 Å². The molecule has 34 heavy (non-hydrogen) atoms. The van der Waals surface area contributed by atoms with Gasteiger partial charge in [0, 0.05) is 22.7 Å².